The molecule has 0 saturated heterocycles. The van der Waals surface area contributed by atoms with E-state index in [0.717, 1.165) is 10.6 Å². The maximum absolute atomic E-state index is 12.0. The summed E-state index contributed by atoms with van der Waals surface area (Å²) in [5.41, 5.74) is 1.36. The average Bonchev–Trinajstić information content (AvgIpc) is 2.96. The Morgan fingerprint density at radius 1 is 1.25 bits per heavy atom. The predicted octanol–water partition coefficient (Wildman–Crippen LogP) is 3.88. The van der Waals surface area contributed by atoms with Crippen molar-refractivity contribution in [1.82, 2.24) is 15.2 Å². The van der Waals surface area contributed by atoms with E-state index in [-0.39, 0.29) is 18.0 Å². The van der Waals surface area contributed by atoms with Crippen LogP contribution in [0.4, 0.5) is 0 Å². The molecule has 1 aromatic heterocycles. The van der Waals surface area contributed by atoms with Crippen LogP contribution in [-0.2, 0) is 13.1 Å². The van der Waals surface area contributed by atoms with E-state index in [1.165, 1.54) is 6.26 Å². The first-order valence-electron chi connectivity index (χ1n) is 8.09. The number of hydrogen-bond acceptors (Lipinski definition) is 4. The molecule has 0 aliphatic heterocycles. The molecule has 2 rings (SSSR count). The summed E-state index contributed by atoms with van der Waals surface area (Å²) >= 11 is 6.25. The third-order valence-corrected chi connectivity index (χ3v) is 3.97. The Kier molecular flexibility index (Phi) is 6.40. The molecular formula is C18H24ClN3O2. The number of halogens is 1. The van der Waals surface area contributed by atoms with Gasteiger partial charge >= 0.3 is 0 Å². The lowest BCUT2D eigenvalue weighted by atomic mass is 10.2. The second-order valence-corrected chi connectivity index (χ2v) is 6.75. The lowest BCUT2D eigenvalue weighted by Crippen LogP contribution is -2.31. The van der Waals surface area contributed by atoms with Crippen LogP contribution in [-0.4, -0.2) is 27.9 Å². The van der Waals surface area contributed by atoms with Gasteiger partial charge in [-0.1, -0.05) is 29.8 Å². The summed E-state index contributed by atoms with van der Waals surface area (Å²) < 4.78 is 5.47. The Morgan fingerprint density at radius 3 is 2.58 bits per heavy atom. The van der Waals surface area contributed by atoms with Gasteiger partial charge in [-0.05, 0) is 39.3 Å². The standard InChI is InChI=1S/C18H24ClN3O2/c1-12(2)20-18(23)16-11-24-17(21-16)10-22(13(3)4)9-14-7-5-6-8-15(14)19/h5-8,11-13H,9-10H2,1-4H3,(H,20,23). The van der Waals surface area contributed by atoms with Crippen LogP contribution in [0.3, 0.4) is 0 Å². The van der Waals surface area contributed by atoms with Crippen LogP contribution >= 0.6 is 11.6 Å². The maximum Gasteiger partial charge on any atom is 0.273 e. The number of amides is 1. The third kappa shape index (κ3) is 5.08. The Bertz CT molecular complexity index is 682. The van der Waals surface area contributed by atoms with Crippen molar-refractivity contribution in [2.45, 2.75) is 52.9 Å². The van der Waals surface area contributed by atoms with Gasteiger partial charge in [0, 0.05) is 23.7 Å². The highest BCUT2D eigenvalue weighted by molar-refractivity contribution is 6.31. The Hall–Kier alpha value is -1.85. The second-order valence-electron chi connectivity index (χ2n) is 6.34. The summed E-state index contributed by atoms with van der Waals surface area (Å²) in [6, 6.07) is 8.12. The molecule has 130 valence electrons. The van der Waals surface area contributed by atoms with Gasteiger partial charge < -0.3 is 9.73 Å². The largest absolute Gasteiger partial charge is 0.447 e. The molecular weight excluding hydrogens is 326 g/mol. The van der Waals surface area contributed by atoms with E-state index in [2.05, 4.69) is 29.0 Å². The molecule has 0 unspecified atom stereocenters. The number of benzene rings is 1. The van der Waals surface area contributed by atoms with E-state index in [1.54, 1.807) is 0 Å². The van der Waals surface area contributed by atoms with Crippen molar-refractivity contribution in [1.29, 1.82) is 0 Å². The molecule has 6 heteroatoms. The normalized spacial score (nSPS) is 11.5. The van der Waals surface area contributed by atoms with E-state index in [9.17, 15) is 4.79 Å². The molecule has 0 bridgehead atoms. The summed E-state index contributed by atoms with van der Waals surface area (Å²) in [4.78, 5) is 18.4. The van der Waals surface area contributed by atoms with Crippen molar-refractivity contribution in [2.24, 2.45) is 0 Å². The zero-order valence-electron chi connectivity index (χ0n) is 14.5. The molecule has 0 atom stereocenters. The van der Waals surface area contributed by atoms with Crippen molar-refractivity contribution >= 4 is 17.5 Å². The van der Waals surface area contributed by atoms with E-state index in [1.807, 2.05) is 38.1 Å². The smallest absolute Gasteiger partial charge is 0.273 e. The number of carbonyl (C=O) groups is 1. The van der Waals surface area contributed by atoms with Crippen LogP contribution in [0, 0.1) is 0 Å². The first-order chi connectivity index (χ1) is 11.4. The van der Waals surface area contributed by atoms with Gasteiger partial charge in [0.15, 0.2) is 5.69 Å². The first-order valence-corrected chi connectivity index (χ1v) is 8.47. The fourth-order valence-electron chi connectivity index (χ4n) is 2.26. The molecule has 0 spiro atoms. The molecule has 0 fully saturated rings. The van der Waals surface area contributed by atoms with E-state index < -0.39 is 0 Å². The second kappa shape index (κ2) is 8.31. The van der Waals surface area contributed by atoms with E-state index in [0.29, 0.717) is 24.7 Å². The van der Waals surface area contributed by atoms with Gasteiger partial charge in [-0.15, -0.1) is 0 Å². The first kappa shape index (κ1) is 18.5. The number of carbonyl (C=O) groups excluding carboxylic acids is 1. The molecule has 5 nitrogen and oxygen atoms in total. The van der Waals surface area contributed by atoms with Crippen molar-refractivity contribution in [3.05, 3.63) is 52.7 Å². The van der Waals surface area contributed by atoms with Crippen molar-refractivity contribution < 1.29 is 9.21 Å². The fourth-order valence-corrected chi connectivity index (χ4v) is 2.46. The highest BCUT2D eigenvalue weighted by Gasteiger charge is 2.18. The molecule has 0 saturated carbocycles. The van der Waals surface area contributed by atoms with Gasteiger partial charge in [-0.25, -0.2) is 4.98 Å². The van der Waals surface area contributed by atoms with Crippen molar-refractivity contribution in [2.75, 3.05) is 0 Å². The molecule has 1 heterocycles. The predicted molar refractivity (Wildman–Crippen MR) is 94.9 cm³/mol. The van der Waals surface area contributed by atoms with E-state index >= 15 is 0 Å². The third-order valence-electron chi connectivity index (χ3n) is 3.60. The molecule has 2 aromatic rings. The van der Waals surface area contributed by atoms with Gasteiger partial charge in [-0.2, -0.15) is 0 Å². The van der Waals surface area contributed by atoms with Gasteiger partial charge in [0.25, 0.3) is 5.91 Å². The lowest BCUT2D eigenvalue weighted by molar-refractivity contribution is 0.0938. The molecule has 0 aliphatic rings. The maximum atomic E-state index is 12.0. The summed E-state index contributed by atoms with van der Waals surface area (Å²) in [5.74, 6) is 0.298. The van der Waals surface area contributed by atoms with Gasteiger partial charge in [0.2, 0.25) is 5.89 Å². The Balaban J connectivity index is 2.07. The summed E-state index contributed by atoms with van der Waals surface area (Å²) in [5, 5.41) is 3.55. The minimum Gasteiger partial charge on any atom is -0.447 e. The Morgan fingerprint density at radius 2 is 1.96 bits per heavy atom. The fraction of sp³-hybridized carbons (Fsp3) is 0.444. The number of nitrogens with one attached hydrogen (secondary N) is 1. The number of nitrogens with zero attached hydrogens (tertiary/aromatic N) is 2. The van der Waals surface area contributed by atoms with Crippen LogP contribution in [0.15, 0.2) is 34.9 Å². The monoisotopic (exact) mass is 349 g/mol. The number of hydrogen-bond donors (Lipinski definition) is 1. The number of rotatable bonds is 7. The molecule has 0 aliphatic carbocycles. The van der Waals surface area contributed by atoms with Crippen molar-refractivity contribution in [3.8, 4) is 0 Å². The summed E-state index contributed by atoms with van der Waals surface area (Å²) in [6.07, 6.45) is 1.40. The van der Waals surface area contributed by atoms with Crippen LogP contribution in [0.5, 0.6) is 0 Å². The highest BCUT2D eigenvalue weighted by Crippen LogP contribution is 2.19. The molecule has 1 aromatic carbocycles. The molecule has 24 heavy (non-hydrogen) atoms. The van der Waals surface area contributed by atoms with Crippen LogP contribution in [0.1, 0.15) is 49.6 Å². The Labute approximate surface area is 148 Å². The molecule has 0 radical (unpaired) electrons. The van der Waals surface area contributed by atoms with Gasteiger partial charge in [0.05, 0.1) is 6.54 Å². The minimum absolute atomic E-state index is 0.0602. The van der Waals surface area contributed by atoms with Crippen LogP contribution in [0.2, 0.25) is 5.02 Å². The number of oxazole rings is 1. The SMILES string of the molecule is CC(C)NC(=O)c1coc(CN(Cc2ccccc2Cl)C(C)C)n1. The average molecular weight is 350 g/mol. The topological polar surface area (TPSA) is 58.4 Å². The van der Waals surface area contributed by atoms with E-state index in [4.69, 9.17) is 16.0 Å². The highest BCUT2D eigenvalue weighted by atomic mass is 35.5. The lowest BCUT2D eigenvalue weighted by Gasteiger charge is -2.25. The van der Waals surface area contributed by atoms with Gasteiger partial charge in [-0.3, -0.25) is 9.69 Å². The quantitative estimate of drug-likeness (QED) is 0.824. The summed E-state index contributed by atoms with van der Waals surface area (Å²) in [6.45, 7) is 9.22. The number of aromatic nitrogens is 1. The minimum atomic E-state index is -0.220. The van der Waals surface area contributed by atoms with Crippen molar-refractivity contribution in [3.63, 3.8) is 0 Å². The van der Waals surface area contributed by atoms with Crippen LogP contribution in [0.25, 0.3) is 0 Å². The molecule has 1 N–H and O–H groups in total. The zero-order chi connectivity index (χ0) is 17.7. The molecule has 1 amide bonds. The zero-order valence-corrected chi connectivity index (χ0v) is 15.3. The van der Waals surface area contributed by atoms with Gasteiger partial charge in [0.1, 0.15) is 6.26 Å². The summed E-state index contributed by atoms with van der Waals surface area (Å²) in [7, 11) is 0. The van der Waals surface area contributed by atoms with Crippen LogP contribution < -0.4 is 5.32 Å².